The average Bonchev–Trinajstić information content (AvgIpc) is 2.46. The SMILES string of the molecule is Cc1ccc(CN(CCC(=O)O)c2ccccc2N)cc1. The standard InChI is InChI=1S/C17H20N2O2/c1-13-6-8-14(9-7-13)12-19(11-10-17(20)21)16-5-3-2-4-15(16)18/h2-9H,10-12,18H2,1H3,(H,20,21). The van der Waals surface area contributed by atoms with Gasteiger partial charge in [0.2, 0.25) is 0 Å². The number of anilines is 2. The van der Waals surface area contributed by atoms with Gasteiger partial charge in [0.1, 0.15) is 0 Å². The lowest BCUT2D eigenvalue weighted by atomic mass is 10.1. The molecule has 4 heteroatoms. The van der Waals surface area contributed by atoms with Crippen molar-refractivity contribution >= 4 is 17.3 Å². The molecule has 3 N–H and O–H groups in total. The van der Waals surface area contributed by atoms with Gasteiger partial charge in [-0.15, -0.1) is 0 Å². The number of hydrogen-bond donors (Lipinski definition) is 2. The highest BCUT2D eigenvalue weighted by molar-refractivity contribution is 5.70. The Kier molecular flexibility index (Phi) is 4.82. The summed E-state index contributed by atoms with van der Waals surface area (Å²) in [6, 6.07) is 15.8. The van der Waals surface area contributed by atoms with E-state index < -0.39 is 5.97 Å². The number of para-hydroxylation sites is 2. The number of hydrogen-bond acceptors (Lipinski definition) is 3. The van der Waals surface area contributed by atoms with Gasteiger partial charge in [-0.05, 0) is 24.6 Å². The van der Waals surface area contributed by atoms with Crippen LogP contribution in [-0.4, -0.2) is 17.6 Å². The number of carboxylic acids is 1. The maximum Gasteiger partial charge on any atom is 0.305 e. The third kappa shape index (κ3) is 4.24. The molecule has 0 aromatic heterocycles. The second-order valence-electron chi connectivity index (χ2n) is 5.11. The van der Waals surface area contributed by atoms with Crippen LogP contribution in [0.3, 0.4) is 0 Å². The van der Waals surface area contributed by atoms with E-state index in [1.54, 1.807) is 0 Å². The summed E-state index contributed by atoms with van der Waals surface area (Å²) in [5.41, 5.74) is 9.89. The van der Waals surface area contributed by atoms with Gasteiger partial charge in [-0.1, -0.05) is 42.0 Å². The van der Waals surface area contributed by atoms with Crippen molar-refractivity contribution in [1.29, 1.82) is 0 Å². The van der Waals surface area contributed by atoms with Crippen LogP contribution in [0.25, 0.3) is 0 Å². The monoisotopic (exact) mass is 284 g/mol. The molecule has 0 aliphatic heterocycles. The number of aliphatic carboxylic acids is 1. The Labute approximate surface area is 124 Å². The number of rotatable bonds is 6. The second-order valence-corrected chi connectivity index (χ2v) is 5.11. The van der Waals surface area contributed by atoms with E-state index in [1.165, 1.54) is 5.56 Å². The molecule has 110 valence electrons. The summed E-state index contributed by atoms with van der Waals surface area (Å²) in [6.45, 7) is 3.11. The zero-order chi connectivity index (χ0) is 15.2. The van der Waals surface area contributed by atoms with Crippen molar-refractivity contribution in [2.45, 2.75) is 19.9 Å². The summed E-state index contributed by atoms with van der Waals surface area (Å²) < 4.78 is 0. The molecule has 0 saturated carbocycles. The van der Waals surface area contributed by atoms with Crippen molar-refractivity contribution in [3.8, 4) is 0 Å². The van der Waals surface area contributed by atoms with Gasteiger partial charge in [-0.25, -0.2) is 0 Å². The third-order valence-corrected chi connectivity index (χ3v) is 3.37. The van der Waals surface area contributed by atoms with E-state index in [4.69, 9.17) is 10.8 Å². The summed E-state index contributed by atoms with van der Waals surface area (Å²) in [7, 11) is 0. The molecule has 21 heavy (non-hydrogen) atoms. The molecule has 0 aliphatic rings. The smallest absolute Gasteiger partial charge is 0.305 e. The summed E-state index contributed by atoms with van der Waals surface area (Å²) in [4.78, 5) is 12.9. The third-order valence-electron chi connectivity index (χ3n) is 3.37. The zero-order valence-corrected chi connectivity index (χ0v) is 12.1. The number of aryl methyl sites for hydroxylation is 1. The molecule has 0 atom stereocenters. The van der Waals surface area contributed by atoms with Crippen LogP contribution in [0.2, 0.25) is 0 Å². The van der Waals surface area contributed by atoms with Gasteiger partial charge in [-0.3, -0.25) is 4.79 Å². The topological polar surface area (TPSA) is 66.6 Å². The van der Waals surface area contributed by atoms with Crippen LogP contribution in [-0.2, 0) is 11.3 Å². The van der Waals surface area contributed by atoms with Crippen LogP contribution in [0, 0.1) is 6.92 Å². The number of carboxylic acid groups (broad SMARTS) is 1. The van der Waals surface area contributed by atoms with E-state index in [9.17, 15) is 4.79 Å². The molecular weight excluding hydrogens is 264 g/mol. The molecule has 0 bridgehead atoms. The largest absolute Gasteiger partial charge is 0.481 e. The summed E-state index contributed by atoms with van der Waals surface area (Å²) in [5.74, 6) is -0.807. The number of nitrogens with zero attached hydrogens (tertiary/aromatic N) is 1. The van der Waals surface area contributed by atoms with E-state index in [1.807, 2.05) is 36.1 Å². The molecule has 2 rings (SSSR count). The Hall–Kier alpha value is -2.49. The minimum Gasteiger partial charge on any atom is -0.481 e. The first-order valence-electron chi connectivity index (χ1n) is 6.93. The van der Waals surface area contributed by atoms with Crippen molar-refractivity contribution in [1.82, 2.24) is 0 Å². The summed E-state index contributed by atoms with van der Waals surface area (Å²) >= 11 is 0. The Morgan fingerprint density at radius 1 is 1.14 bits per heavy atom. The van der Waals surface area contributed by atoms with Crippen molar-refractivity contribution in [3.63, 3.8) is 0 Å². The Morgan fingerprint density at radius 2 is 1.81 bits per heavy atom. The molecule has 4 nitrogen and oxygen atoms in total. The quantitative estimate of drug-likeness (QED) is 0.800. The minimum atomic E-state index is -0.807. The van der Waals surface area contributed by atoms with Crippen LogP contribution < -0.4 is 10.6 Å². The van der Waals surface area contributed by atoms with Crippen LogP contribution in [0.4, 0.5) is 11.4 Å². The minimum absolute atomic E-state index is 0.0835. The lowest BCUT2D eigenvalue weighted by Gasteiger charge is -2.25. The molecule has 2 aromatic rings. The van der Waals surface area contributed by atoms with Crippen molar-refractivity contribution < 1.29 is 9.90 Å². The van der Waals surface area contributed by atoms with Gasteiger partial charge in [0.15, 0.2) is 0 Å². The Morgan fingerprint density at radius 3 is 2.43 bits per heavy atom. The Balaban J connectivity index is 2.21. The van der Waals surface area contributed by atoms with Crippen LogP contribution in [0.1, 0.15) is 17.5 Å². The predicted octanol–water partition coefficient (Wildman–Crippen LogP) is 3.06. The molecule has 2 aromatic carbocycles. The maximum absolute atomic E-state index is 10.9. The van der Waals surface area contributed by atoms with Gasteiger partial charge < -0.3 is 15.7 Å². The number of carbonyl (C=O) groups is 1. The van der Waals surface area contributed by atoms with Crippen LogP contribution in [0.5, 0.6) is 0 Å². The highest BCUT2D eigenvalue weighted by Crippen LogP contribution is 2.24. The first-order valence-corrected chi connectivity index (χ1v) is 6.93. The fourth-order valence-corrected chi connectivity index (χ4v) is 2.20. The van der Waals surface area contributed by atoms with Crippen molar-refractivity contribution in [2.75, 3.05) is 17.2 Å². The summed E-state index contributed by atoms with van der Waals surface area (Å²) in [5, 5.41) is 8.92. The molecule has 0 heterocycles. The van der Waals surface area contributed by atoms with Gasteiger partial charge in [0, 0.05) is 13.1 Å². The molecule has 0 aliphatic carbocycles. The summed E-state index contributed by atoms with van der Waals surface area (Å²) in [6.07, 6.45) is 0.0835. The molecule has 0 amide bonds. The molecule has 0 saturated heterocycles. The van der Waals surface area contributed by atoms with Gasteiger partial charge >= 0.3 is 5.97 Å². The molecule has 0 radical (unpaired) electrons. The predicted molar refractivity (Wildman–Crippen MR) is 85.3 cm³/mol. The van der Waals surface area contributed by atoms with Gasteiger partial charge in [-0.2, -0.15) is 0 Å². The van der Waals surface area contributed by atoms with E-state index >= 15 is 0 Å². The lowest BCUT2D eigenvalue weighted by Crippen LogP contribution is -2.26. The molecule has 0 spiro atoms. The van der Waals surface area contributed by atoms with Crippen LogP contribution >= 0.6 is 0 Å². The first-order chi connectivity index (χ1) is 10.1. The lowest BCUT2D eigenvalue weighted by molar-refractivity contribution is -0.136. The average molecular weight is 284 g/mol. The van der Waals surface area contributed by atoms with E-state index in [0.29, 0.717) is 18.8 Å². The Bertz CT molecular complexity index is 608. The molecule has 0 unspecified atom stereocenters. The fraction of sp³-hybridized carbons (Fsp3) is 0.235. The maximum atomic E-state index is 10.9. The highest BCUT2D eigenvalue weighted by Gasteiger charge is 2.12. The highest BCUT2D eigenvalue weighted by atomic mass is 16.4. The van der Waals surface area contributed by atoms with Gasteiger partial charge in [0.25, 0.3) is 0 Å². The van der Waals surface area contributed by atoms with Gasteiger partial charge in [0.05, 0.1) is 17.8 Å². The number of nitrogens with two attached hydrogens (primary N) is 1. The van der Waals surface area contributed by atoms with E-state index in [-0.39, 0.29) is 6.42 Å². The van der Waals surface area contributed by atoms with Crippen LogP contribution in [0.15, 0.2) is 48.5 Å². The number of nitrogen functional groups attached to an aromatic ring is 1. The van der Waals surface area contributed by atoms with Crippen molar-refractivity contribution in [3.05, 3.63) is 59.7 Å². The normalized spacial score (nSPS) is 10.3. The fourth-order valence-electron chi connectivity index (χ4n) is 2.20. The van der Waals surface area contributed by atoms with E-state index in [0.717, 1.165) is 11.3 Å². The van der Waals surface area contributed by atoms with Crippen molar-refractivity contribution in [2.24, 2.45) is 0 Å². The second kappa shape index (κ2) is 6.79. The zero-order valence-electron chi connectivity index (χ0n) is 12.1. The number of benzene rings is 2. The van der Waals surface area contributed by atoms with E-state index in [2.05, 4.69) is 24.3 Å². The molecular formula is C17H20N2O2. The first kappa shape index (κ1) is 14.9. The molecule has 0 fully saturated rings.